The molecule has 1 rings (SSSR count). The summed E-state index contributed by atoms with van der Waals surface area (Å²) in [5, 5.41) is 0. The van der Waals surface area contributed by atoms with Crippen molar-refractivity contribution in [1.82, 2.24) is 0 Å². The van der Waals surface area contributed by atoms with Gasteiger partial charge in [-0.3, -0.25) is 0 Å². The first-order valence-electron chi connectivity index (χ1n) is 5.34. The summed E-state index contributed by atoms with van der Waals surface area (Å²) >= 11 is 0. The zero-order valence-corrected chi connectivity index (χ0v) is 10.7. The third-order valence-corrected chi connectivity index (χ3v) is 4.31. The van der Waals surface area contributed by atoms with Crippen LogP contribution in [-0.4, -0.2) is 22.5 Å². The zero-order chi connectivity index (χ0) is 12.0. The molecule has 0 N–H and O–H groups in total. The van der Waals surface area contributed by atoms with Crippen LogP contribution in [-0.2, 0) is 14.9 Å². The van der Waals surface area contributed by atoms with Gasteiger partial charge in [0.15, 0.2) is 11.6 Å². The van der Waals surface area contributed by atoms with E-state index in [1.54, 1.807) is 6.07 Å². The predicted octanol–water partition coefficient (Wildman–Crippen LogP) is 2.34. The summed E-state index contributed by atoms with van der Waals surface area (Å²) in [6.45, 7) is 4.95. The molecule has 0 fully saturated rings. The smallest absolute Gasteiger partial charge is 0.325 e. The lowest BCUT2D eigenvalue weighted by Crippen LogP contribution is -2.26. The van der Waals surface area contributed by atoms with Gasteiger partial charge in [0.05, 0.1) is 0 Å². The number of halogens is 2. The van der Waals surface area contributed by atoms with Gasteiger partial charge >= 0.3 is 9.28 Å². The Morgan fingerprint density at radius 1 is 1.06 bits per heavy atom. The van der Waals surface area contributed by atoms with Crippen LogP contribution < -0.4 is 0 Å². The minimum Gasteiger partial charge on any atom is -0.397 e. The summed E-state index contributed by atoms with van der Waals surface area (Å²) in [5.74, 6) is -1.65. The summed E-state index contributed by atoms with van der Waals surface area (Å²) < 4.78 is 36.6. The Kier molecular flexibility index (Phi) is 5.58. The van der Waals surface area contributed by atoms with Crippen molar-refractivity contribution in [3.8, 4) is 0 Å². The minimum atomic E-state index is -1.79. The van der Waals surface area contributed by atoms with Gasteiger partial charge in [0.1, 0.15) is 0 Å². The van der Waals surface area contributed by atoms with Crippen molar-refractivity contribution in [3.63, 3.8) is 0 Å². The fourth-order valence-corrected chi connectivity index (χ4v) is 3.11. The van der Waals surface area contributed by atoms with Crippen LogP contribution in [0.5, 0.6) is 0 Å². The first kappa shape index (κ1) is 13.3. The molecule has 0 bridgehead atoms. The maximum absolute atomic E-state index is 13.0. The average Bonchev–Trinajstić information content (AvgIpc) is 2.24. The number of hydrogen-bond donors (Lipinski definition) is 0. The molecule has 5 heteroatoms. The van der Waals surface area contributed by atoms with E-state index >= 15 is 0 Å². The van der Waals surface area contributed by atoms with Crippen molar-refractivity contribution in [2.75, 3.05) is 13.2 Å². The predicted molar refractivity (Wildman–Crippen MR) is 60.5 cm³/mol. The van der Waals surface area contributed by atoms with E-state index in [-0.39, 0.29) is 0 Å². The SMILES string of the molecule is CCO[SiH](Cc1ccc(F)c(F)c1)OCC. The van der Waals surface area contributed by atoms with E-state index in [0.717, 1.165) is 11.6 Å². The van der Waals surface area contributed by atoms with Crippen LogP contribution in [0.3, 0.4) is 0 Å². The molecule has 0 saturated heterocycles. The van der Waals surface area contributed by atoms with E-state index in [1.165, 1.54) is 6.07 Å². The maximum Gasteiger partial charge on any atom is 0.325 e. The zero-order valence-electron chi connectivity index (χ0n) is 9.50. The maximum atomic E-state index is 13.0. The van der Waals surface area contributed by atoms with E-state index in [2.05, 4.69) is 0 Å². The van der Waals surface area contributed by atoms with Gasteiger partial charge in [0.25, 0.3) is 0 Å². The van der Waals surface area contributed by atoms with Crippen LogP contribution >= 0.6 is 0 Å². The molecule has 0 atom stereocenters. The molecule has 0 amide bonds. The normalized spacial score (nSPS) is 11.1. The Hall–Kier alpha value is -0.783. The second-order valence-electron chi connectivity index (χ2n) is 3.29. The lowest BCUT2D eigenvalue weighted by atomic mass is 10.2. The first-order chi connectivity index (χ1) is 7.67. The van der Waals surface area contributed by atoms with Crippen LogP contribution in [0.4, 0.5) is 8.78 Å². The summed E-state index contributed by atoms with van der Waals surface area (Å²) in [5.41, 5.74) is 0.720. The molecule has 0 aliphatic heterocycles. The van der Waals surface area contributed by atoms with Crippen molar-refractivity contribution in [2.24, 2.45) is 0 Å². The molecule has 0 aliphatic carbocycles. The molecule has 0 saturated carbocycles. The molecule has 2 nitrogen and oxygen atoms in total. The molecule has 1 aromatic carbocycles. The van der Waals surface area contributed by atoms with Gasteiger partial charge in [-0.05, 0) is 31.5 Å². The third kappa shape index (κ3) is 4.00. The number of hydrogen-bond acceptors (Lipinski definition) is 2. The molecule has 0 unspecified atom stereocenters. The van der Waals surface area contributed by atoms with Crippen LogP contribution in [0.25, 0.3) is 0 Å². The van der Waals surface area contributed by atoms with Crippen LogP contribution in [0.2, 0.25) is 0 Å². The van der Waals surface area contributed by atoms with Crippen molar-refractivity contribution >= 4 is 9.28 Å². The van der Waals surface area contributed by atoms with Gasteiger partial charge in [0, 0.05) is 19.3 Å². The molecule has 0 aliphatic rings. The van der Waals surface area contributed by atoms with Crippen molar-refractivity contribution in [2.45, 2.75) is 19.9 Å². The number of benzene rings is 1. The largest absolute Gasteiger partial charge is 0.397 e. The highest BCUT2D eigenvalue weighted by Crippen LogP contribution is 2.11. The molecular formula is C11H16F2O2Si. The van der Waals surface area contributed by atoms with Crippen LogP contribution in [0.15, 0.2) is 18.2 Å². The third-order valence-electron chi connectivity index (χ3n) is 2.09. The highest BCUT2D eigenvalue weighted by molar-refractivity contribution is 6.43. The van der Waals surface area contributed by atoms with Gasteiger partial charge in [-0.1, -0.05) is 6.07 Å². The van der Waals surface area contributed by atoms with E-state index in [4.69, 9.17) is 8.85 Å². The molecule has 90 valence electrons. The average molecular weight is 246 g/mol. The second-order valence-corrected chi connectivity index (χ2v) is 5.23. The van der Waals surface area contributed by atoms with E-state index in [1.807, 2.05) is 13.8 Å². The van der Waals surface area contributed by atoms with Crippen molar-refractivity contribution in [1.29, 1.82) is 0 Å². The van der Waals surface area contributed by atoms with E-state index in [9.17, 15) is 8.78 Å². The highest BCUT2D eigenvalue weighted by atomic mass is 28.3. The Bertz CT molecular complexity index is 328. The highest BCUT2D eigenvalue weighted by Gasteiger charge is 2.14. The fraction of sp³-hybridized carbons (Fsp3) is 0.455. The Labute approximate surface area is 96.0 Å². The lowest BCUT2D eigenvalue weighted by molar-refractivity contribution is 0.213. The molecule has 0 aromatic heterocycles. The quantitative estimate of drug-likeness (QED) is 0.717. The van der Waals surface area contributed by atoms with E-state index < -0.39 is 20.9 Å². The van der Waals surface area contributed by atoms with Crippen LogP contribution in [0, 0.1) is 11.6 Å². The van der Waals surface area contributed by atoms with Gasteiger partial charge in [-0.2, -0.15) is 0 Å². The number of rotatable bonds is 6. The van der Waals surface area contributed by atoms with Crippen LogP contribution in [0.1, 0.15) is 19.4 Å². The minimum absolute atomic E-state index is 0.554. The molecule has 0 spiro atoms. The molecular weight excluding hydrogens is 230 g/mol. The Morgan fingerprint density at radius 3 is 2.19 bits per heavy atom. The van der Waals surface area contributed by atoms with Gasteiger partial charge in [-0.15, -0.1) is 0 Å². The summed E-state index contributed by atoms with van der Waals surface area (Å²) in [6, 6.07) is 4.46. The van der Waals surface area contributed by atoms with Gasteiger partial charge in [-0.25, -0.2) is 8.78 Å². The van der Waals surface area contributed by atoms with E-state index in [0.29, 0.717) is 19.3 Å². The second kappa shape index (κ2) is 6.73. The monoisotopic (exact) mass is 246 g/mol. The van der Waals surface area contributed by atoms with Crippen molar-refractivity contribution in [3.05, 3.63) is 35.4 Å². The lowest BCUT2D eigenvalue weighted by Gasteiger charge is -2.14. The summed E-state index contributed by atoms with van der Waals surface area (Å²) in [6.07, 6.45) is 0. The van der Waals surface area contributed by atoms with Gasteiger partial charge < -0.3 is 8.85 Å². The standard InChI is InChI=1S/C11H16F2O2Si/c1-3-14-16(15-4-2)8-9-5-6-10(12)11(13)7-9/h5-7,16H,3-4,8H2,1-2H3. The summed E-state index contributed by atoms with van der Waals surface area (Å²) in [7, 11) is -1.79. The molecule has 0 heterocycles. The molecule has 0 radical (unpaired) electrons. The summed E-state index contributed by atoms with van der Waals surface area (Å²) in [4.78, 5) is 0. The molecule has 1 aromatic rings. The van der Waals surface area contributed by atoms with Crippen molar-refractivity contribution < 1.29 is 17.6 Å². The fourth-order valence-electron chi connectivity index (χ4n) is 1.40. The molecule has 16 heavy (non-hydrogen) atoms. The first-order valence-corrected chi connectivity index (χ1v) is 7.10. The Morgan fingerprint density at radius 2 is 1.69 bits per heavy atom. The topological polar surface area (TPSA) is 18.5 Å². The Balaban J connectivity index is 2.65. The van der Waals surface area contributed by atoms with Gasteiger partial charge in [0.2, 0.25) is 0 Å².